The lowest BCUT2D eigenvalue weighted by Crippen LogP contribution is -2.37. The van der Waals surface area contributed by atoms with E-state index in [1.807, 2.05) is 27.7 Å². The molecule has 0 aliphatic carbocycles. The van der Waals surface area contributed by atoms with Gasteiger partial charge in [0.1, 0.15) is 6.04 Å². The van der Waals surface area contributed by atoms with Crippen LogP contribution in [0, 0.1) is 20.8 Å². The minimum absolute atomic E-state index is 0.491. The molecule has 4 heteroatoms. The second kappa shape index (κ2) is 8.15. The van der Waals surface area contributed by atoms with Crippen molar-refractivity contribution in [3.8, 4) is 0 Å². The summed E-state index contributed by atoms with van der Waals surface area (Å²) in [7, 11) is 0. The maximum atomic E-state index is 11.1. The first-order valence-electron chi connectivity index (χ1n) is 7.58. The molecular weight excluding hydrogens is 266 g/mol. The Kier molecular flexibility index (Phi) is 6.85. The normalized spacial score (nSPS) is 14.0. The number of aliphatic carboxylic acids is 1. The van der Waals surface area contributed by atoms with Crippen molar-refractivity contribution >= 4 is 5.97 Å². The van der Waals surface area contributed by atoms with Gasteiger partial charge < -0.3 is 15.5 Å². The van der Waals surface area contributed by atoms with Gasteiger partial charge in [-0.3, -0.25) is 4.79 Å². The minimum atomic E-state index is -0.825. The van der Waals surface area contributed by atoms with Crippen LogP contribution in [0.15, 0.2) is 12.1 Å². The molecule has 0 aliphatic heterocycles. The summed E-state index contributed by atoms with van der Waals surface area (Å²) in [6.45, 7) is 8.50. The Morgan fingerprint density at radius 3 is 2.24 bits per heavy atom. The molecular formula is C17H27NO3. The molecule has 0 spiro atoms. The number of nitrogens with one attached hydrogen (secondary N) is 1. The fourth-order valence-electron chi connectivity index (χ4n) is 2.86. The van der Waals surface area contributed by atoms with Crippen molar-refractivity contribution in [3.63, 3.8) is 0 Å². The number of rotatable bonds is 8. The van der Waals surface area contributed by atoms with Gasteiger partial charge in [0.05, 0.1) is 6.10 Å². The molecule has 4 nitrogen and oxygen atoms in total. The number of aliphatic hydroxyl groups is 1. The third-order valence-electron chi connectivity index (χ3n) is 3.76. The Balaban J connectivity index is 2.62. The molecule has 21 heavy (non-hydrogen) atoms. The lowest BCUT2D eigenvalue weighted by Gasteiger charge is -2.19. The molecule has 1 rings (SSSR count). The van der Waals surface area contributed by atoms with Crippen LogP contribution in [-0.4, -0.2) is 28.8 Å². The predicted octanol–water partition coefficient (Wildman–Crippen LogP) is 2.88. The fraction of sp³-hybridized carbons (Fsp3) is 0.588. The van der Waals surface area contributed by atoms with E-state index >= 15 is 0 Å². The first kappa shape index (κ1) is 17.7. The average Bonchev–Trinajstić information content (AvgIpc) is 2.36. The van der Waals surface area contributed by atoms with Crippen molar-refractivity contribution < 1.29 is 15.0 Å². The van der Waals surface area contributed by atoms with E-state index in [9.17, 15) is 9.90 Å². The van der Waals surface area contributed by atoms with E-state index in [4.69, 9.17) is 5.11 Å². The summed E-state index contributed by atoms with van der Waals surface area (Å²) >= 11 is 0. The van der Waals surface area contributed by atoms with Crippen LogP contribution in [0.4, 0.5) is 0 Å². The Hall–Kier alpha value is -1.39. The first-order chi connectivity index (χ1) is 9.86. The van der Waals surface area contributed by atoms with Gasteiger partial charge in [0, 0.05) is 0 Å². The molecule has 0 amide bonds. The van der Waals surface area contributed by atoms with Gasteiger partial charge in [0.2, 0.25) is 0 Å². The van der Waals surface area contributed by atoms with Gasteiger partial charge in [-0.05, 0) is 56.8 Å². The molecule has 0 saturated carbocycles. The van der Waals surface area contributed by atoms with Crippen molar-refractivity contribution in [2.24, 2.45) is 0 Å². The molecule has 0 fully saturated rings. The third-order valence-corrected chi connectivity index (χ3v) is 3.76. The van der Waals surface area contributed by atoms with Gasteiger partial charge in [-0.2, -0.15) is 0 Å². The van der Waals surface area contributed by atoms with Crippen LogP contribution in [0.5, 0.6) is 0 Å². The highest BCUT2D eigenvalue weighted by Crippen LogP contribution is 2.25. The highest BCUT2D eigenvalue weighted by molar-refractivity contribution is 5.73. The second-order valence-corrected chi connectivity index (χ2v) is 5.75. The molecule has 0 aliphatic rings. The molecule has 0 radical (unpaired) electrons. The van der Waals surface area contributed by atoms with Gasteiger partial charge >= 0.3 is 5.97 Å². The molecule has 1 aromatic carbocycles. The maximum Gasteiger partial charge on any atom is 0.320 e. The van der Waals surface area contributed by atoms with E-state index in [0.29, 0.717) is 19.4 Å². The number of aryl methyl sites for hydroxylation is 3. The van der Waals surface area contributed by atoms with Crippen molar-refractivity contribution in [2.45, 2.75) is 59.1 Å². The lowest BCUT2D eigenvalue weighted by molar-refractivity contribution is -0.139. The largest absolute Gasteiger partial charge is 0.480 e. The van der Waals surface area contributed by atoms with Crippen LogP contribution in [0.2, 0.25) is 0 Å². The minimum Gasteiger partial charge on any atom is -0.480 e. The maximum absolute atomic E-state index is 11.1. The molecule has 0 saturated heterocycles. The van der Waals surface area contributed by atoms with E-state index in [1.165, 1.54) is 5.56 Å². The first-order valence-corrected chi connectivity index (χ1v) is 7.58. The smallest absolute Gasteiger partial charge is 0.320 e. The van der Waals surface area contributed by atoms with Gasteiger partial charge in [-0.25, -0.2) is 0 Å². The Labute approximate surface area is 127 Å². The monoisotopic (exact) mass is 293 g/mol. The van der Waals surface area contributed by atoms with Crippen LogP contribution in [0.25, 0.3) is 0 Å². The summed E-state index contributed by atoms with van der Waals surface area (Å²) in [5, 5.41) is 22.5. The molecule has 0 bridgehead atoms. The standard InChI is InChI=1S/C17H27NO3/c1-5-6-14(17(20)21)18-8-7-15(19)16-12(3)9-11(2)10-13(16)4/h9-10,14-15,18-19H,5-8H2,1-4H3,(H,20,21). The van der Waals surface area contributed by atoms with Crippen LogP contribution >= 0.6 is 0 Å². The topological polar surface area (TPSA) is 69.6 Å². The van der Waals surface area contributed by atoms with E-state index < -0.39 is 18.1 Å². The number of benzene rings is 1. The Bertz CT molecular complexity index is 462. The summed E-state index contributed by atoms with van der Waals surface area (Å²) in [6, 6.07) is 3.61. The van der Waals surface area contributed by atoms with Crippen molar-refractivity contribution in [1.82, 2.24) is 5.32 Å². The number of aliphatic hydroxyl groups excluding tert-OH is 1. The zero-order valence-electron chi connectivity index (χ0n) is 13.4. The van der Waals surface area contributed by atoms with Gasteiger partial charge in [-0.1, -0.05) is 31.0 Å². The molecule has 0 aromatic heterocycles. The van der Waals surface area contributed by atoms with Gasteiger partial charge in [0.15, 0.2) is 0 Å². The Morgan fingerprint density at radius 1 is 1.19 bits per heavy atom. The van der Waals surface area contributed by atoms with E-state index in [-0.39, 0.29) is 0 Å². The molecule has 2 atom stereocenters. The van der Waals surface area contributed by atoms with Gasteiger partial charge in [-0.15, -0.1) is 0 Å². The van der Waals surface area contributed by atoms with Crippen molar-refractivity contribution in [1.29, 1.82) is 0 Å². The number of carboxylic acids is 1. The highest BCUT2D eigenvalue weighted by atomic mass is 16.4. The van der Waals surface area contributed by atoms with Crippen molar-refractivity contribution in [3.05, 3.63) is 34.4 Å². The quantitative estimate of drug-likeness (QED) is 0.689. The fourth-order valence-corrected chi connectivity index (χ4v) is 2.86. The number of hydrogen-bond donors (Lipinski definition) is 3. The predicted molar refractivity (Wildman–Crippen MR) is 84.6 cm³/mol. The molecule has 118 valence electrons. The number of hydrogen-bond acceptors (Lipinski definition) is 3. The summed E-state index contributed by atoms with van der Waals surface area (Å²) in [5.74, 6) is -0.825. The van der Waals surface area contributed by atoms with E-state index in [1.54, 1.807) is 0 Å². The van der Waals surface area contributed by atoms with Gasteiger partial charge in [0.25, 0.3) is 0 Å². The summed E-state index contributed by atoms with van der Waals surface area (Å²) in [5.41, 5.74) is 4.32. The zero-order chi connectivity index (χ0) is 16.0. The summed E-state index contributed by atoms with van der Waals surface area (Å²) in [6.07, 6.45) is 1.38. The summed E-state index contributed by atoms with van der Waals surface area (Å²) < 4.78 is 0. The second-order valence-electron chi connectivity index (χ2n) is 5.75. The lowest BCUT2D eigenvalue weighted by atomic mass is 9.94. The van der Waals surface area contributed by atoms with Crippen molar-refractivity contribution in [2.75, 3.05) is 6.54 Å². The van der Waals surface area contributed by atoms with Crippen LogP contribution < -0.4 is 5.32 Å². The Morgan fingerprint density at radius 2 is 1.76 bits per heavy atom. The highest BCUT2D eigenvalue weighted by Gasteiger charge is 2.17. The average molecular weight is 293 g/mol. The zero-order valence-corrected chi connectivity index (χ0v) is 13.4. The van der Waals surface area contributed by atoms with Crippen LogP contribution in [-0.2, 0) is 4.79 Å². The number of carboxylic acid groups (broad SMARTS) is 1. The molecule has 2 unspecified atom stereocenters. The van der Waals surface area contributed by atoms with E-state index in [2.05, 4.69) is 17.4 Å². The third kappa shape index (κ3) is 5.14. The van der Waals surface area contributed by atoms with E-state index in [0.717, 1.165) is 23.1 Å². The molecule has 1 aromatic rings. The number of carbonyl (C=O) groups is 1. The molecule has 0 heterocycles. The SMILES string of the molecule is CCCC(NCCC(O)c1c(C)cc(C)cc1C)C(=O)O. The van der Waals surface area contributed by atoms with Crippen LogP contribution in [0.1, 0.15) is 54.5 Å². The summed E-state index contributed by atoms with van der Waals surface area (Å²) in [4.78, 5) is 11.1. The van der Waals surface area contributed by atoms with Crippen LogP contribution in [0.3, 0.4) is 0 Å². The molecule has 3 N–H and O–H groups in total.